The van der Waals surface area contributed by atoms with E-state index in [0.29, 0.717) is 43.1 Å². The predicted octanol–water partition coefficient (Wildman–Crippen LogP) is 6.87. The van der Waals surface area contributed by atoms with Crippen molar-refractivity contribution in [3.05, 3.63) is 83.9 Å². The Morgan fingerprint density at radius 2 is 1.52 bits per heavy atom. The second-order valence-electron chi connectivity index (χ2n) is 14.3. The molecule has 0 spiro atoms. The van der Waals surface area contributed by atoms with E-state index in [1.807, 2.05) is 57.2 Å². The molecule has 0 unspecified atom stereocenters. The Hall–Kier alpha value is -5.77. The van der Waals surface area contributed by atoms with Gasteiger partial charge in [0.1, 0.15) is 42.8 Å². The molecule has 0 aromatic heterocycles. The summed E-state index contributed by atoms with van der Waals surface area (Å²) in [5.74, 6) is -0.514. The van der Waals surface area contributed by atoms with Crippen LogP contribution in [0.1, 0.15) is 65.5 Å². The third-order valence-corrected chi connectivity index (χ3v) is 7.54. The third-order valence-electron chi connectivity index (χ3n) is 7.54. The number of carbonyl (C=O) groups excluding carboxylic acids is 4. The molecule has 0 saturated carbocycles. The average Bonchev–Trinajstić information content (AvgIpc) is 3.08. The quantitative estimate of drug-likeness (QED) is 0.159. The number of carbonyl (C=O) groups is 4. The van der Waals surface area contributed by atoms with E-state index in [2.05, 4.69) is 10.6 Å². The van der Waals surface area contributed by atoms with Crippen LogP contribution in [0, 0.1) is 11.3 Å². The molecule has 0 bridgehead atoms. The second-order valence-corrected chi connectivity index (χ2v) is 14.3. The third kappa shape index (κ3) is 12.5. The van der Waals surface area contributed by atoms with Gasteiger partial charge in [0.2, 0.25) is 5.91 Å². The molecule has 52 heavy (non-hydrogen) atoms. The first-order valence-electron chi connectivity index (χ1n) is 17.1. The highest BCUT2D eigenvalue weighted by atomic mass is 16.6. The number of esters is 1. The van der Waals surface area contributed by atoms with Crippen molar-refractivity contribution < 1.29 is 38.1 Å². The molecule has 13 nitrogen and oxygen atoms in total. The molecule has 2 N–H and O–H groups in total. The second kappa shape index (κ2) is 17.4. The number of nitrogens with zero attached hydrogens (tertiary/aromatic N) is 3. The van der Waals surface area contributed by atoms with E-state index >= 15 is 0 Å². The van der Waals surface area contributed by atoms with Gasteiger partial charge in [0.15, 0.2) is 0 Å². The number of anilines is 3. The van der Waals surface area contributed by atoms with Crippen LogP contribution in [0.5, 0.6) is 5.75 Å². The number of amides is 3. The summed E-state index contributed by atoms with van der Waals surface area (Å²) in [6.45, 7) is 11.2. The first-order chi connectivity index (χ1) is 24.6. The van der Waals surface area contributed by atoms with Crippen LogP contribution in [0.4, 0.5) is 26.7 Å². The molecular weight excluding hydrogens is 666 g/mol. The van der Waals surface area contributed by atoms with Crippen LogP contribution in [0.3, 0.4) is 0 Å². The Bertz CT molecular complexity index is 1740. The number of nitrogens with one attached hydrogen (secondary N) is 2. The zero-order valence-electron chi connectivity index (χ0n) is 30.6. The summed E-state index contributed by atoms with van der Waals surface area (Å²) in [7, 11) is 0. The smallest absolute Gasteiger partial charge is 0.415 e. The van der Waals surface area contributed by atoms with Crippen molar-refractivity contribution in [2.75, 3.05) is 41.7 Å². The van der Waals surface area contributed by atoms with Gasteiger partial charge in [-0.3, -0.25) is 14.5 Å². The van der Waals surface area contributed by atoms with Crippen molar-refractivity contribution in [1.29, 1.82) is 5.26 Å². The van der Waals surface area contributed by atoms with Gasteiger partial charge in [-0.1, -0.05) is 30.3 Å². The fourth-order valence-corrected chi connectivity index (χ4v) is 5.19. The lowest BCUT2D eigenvalue weighted by molar-refractivity contribution is -0.152. The molecule has 0 atom stereocenters. The van der Waals surface area contributed by atoms with Crippen LogP contribution in [0.25, 0.3) is 0 Å². The molecule has 1 aliphatic rings. The minimum absolute atomic E-state index is 0.00999. The number of ether oxygens (including phenoxy) is 4. The highest BCUT2D eigenvalue weighted by molar-refractivity contribution is 6.02. The lowest BCUT2D eigenvalue weighted by atomic mass is 10.1. The summed E-state index contributed by atoms with van der Waals surface area (Å²) in [6.07, 6.45) is 0.0342. The summed E-state index contributed by atoms with van der Waals surface area (Å²) in [4.78, 5) is 54.6. The molecule has 3 aromatic rings. The molecule has 3 amide bonds. The Kier molecular flexibility index (Phi) is 13.1. The van der Waals surface area contributed by atoms with E-state index in [0.717, 1.165) is 5.56 Å². The Labute approximate surface area is 304 Å². The van der Waals surface area contributed by atoms with Crippen LogP contribution in [0.2, 0.25) is 0 Å². The van der Waals surface area contributed by atoms with Gasteiger partial charge in [0.05, 0.1) is 23.0 Å². The molecule has 0 aliphatic carbocycles. The molecule has 13 heteroatoms. The maximum atomic E-state index is 13.5. The number of rotatable bonds is 11. The number of hydrogen-bond donors (Lipinski definition) is 2. The Balaban J connectivity index is 1.45. The van der Waals surface area contributed by atoms with E-state index in [1.54, 1.807) is 62.1 Å². The molecule has 1 aliphatic heterocycles. The highest BCUT2D eigenvalue weighted by Gasteiger charge is 2.28. The number of likely N-dealkylation sites (tertiary alicyclic amines) is 1. The van der Waals surface area contributed by atoms with E-state index in [-0.39, 0.29) is 36.6 Å². The first kappa shape index (κ1) is 39.0. The van der Waals surface area contributed by atoms with Crippen LogP contribution in [0.15, 0.2) is 72.8 Å². The summed E-state index contributed by atoms with van der Waals surface area (Å²) >= 11 is 0. The van der Waals surface area contributed by atoms with Gasteiger partial charge in [0, 0.05) is 31.6 Å². The van der Waals surface area contributed by atoms with Crippen LogP contribution < -0.4 is 20.3 Å². The van der Waals surface area contributed by atoms with Crippen molar-refractivity contribution >= 4 is 41.1 Å². The first-order valence-corrected chi connectivity index (χ1v) is 17.1. The van der Waals surface area contributed by atoms with Crippen molar-refractivity contribution in [2.24, 2.45) is 0 Å². The predicted molar refractivity (Wildman–Crippen MR) is 196 cm³/mol. The minimum Gasteiger partial charge on any atom is -0.490 e. The van der Waals surface area contributed by atoms with Crippen LogP contribution in [-0.4, -0.2) is 72.4 Å². The fraction of sp³-hybridized carbons (Fsp3) is 0.410. The molecule has 1 heterocycles. The lowest BCUT2D eigenvalue weighted by Crippen LogP contribution is -2.44. The van der Waals surface area contributed by atoms with Crippen LogP contribution in [-0.2, 0) is 30.4 Å². The number of nitriles is 1. The van der Waals surface area contributed by atoms with Gasteiger partial charge in [0.25, 0.3) is 0 Å². The van der Waals surface area contributed by atoms with Gasteiger partial charge >= 0.3 is 18.2 Å². The monoisotopic (exact) mass is 713 g/mol. The molecule has 3 aromatic carbocycles. The molecular formula is C39H47N5O8. The van der Waals surface area contributed by atoms with Crippen molar-refractivity contribution in [1.82, 2.24) is 4.90 Å². The number of benzene rings is 3. The SMILES string of the molecule is CC(C)(C)OC(=O)CNc1ccc(C#N)cc1NC(=O)CN(C(=O)OCc1ccccc1)c1ccc(OC2CCN(C(=O)OC(C)(C)C)CC2)cc1. The molecule has 4 rings (SSSR count). The zero-order chi connectivity index (χ0) is 37.9. The van der Waals surface area contributed by atoms with Crippen molar-refractivity contribution in [3.63, 3.8) is 0 Å². The van der Waals surface area contributed by atoms with Gasteiger partial charge in [-0.25, -0.2) is 9.59 Å². The van der Waals surface area contributed by atoms with Gasteiger partial charge in [-0.15, -0.1) is 0 Å². The van der Waals surface area contributed by atoms with Gasteiger partial charge < -0.3 is 34.5 Å². The normalized spacial score (nSPS) is 13.3. The average molecular weight is 714 g/mol. The minimum atomic E-state index is -0.753. The van der Waals surface area contributed by atoms with Gasteiger partial charge in [-0.05, 0) is 89.6 Å². The summed E-state index contributed by atoms with van der Waals surface area (Å²) in [5, 5.41) is 15.2. The molecule has 1 fully saturated rings. The van der Waals surface area contributed by atoms with E-state index in [9.17, 15) is 24.4 Å². The standard InChI is InChI=1S/C39H47N5O8/c1-38(2,3)51-35(46)24-41-32-17-12-28(23-40)22-33(32)42-34(45)25-44(37(48)49-26-27-10-8-7-9-11-27)29-13-15-30(16-14-29)50-31-18-20-43(21-19-31)36(47)52-39(4,5)6/h7-17,22,31,41H,18-21,24-26H2,1-6H3,(H,42,45). The summed E-state index contributed by atoms with van der Waals surface area (Å²) in [5.41, 5.74) is 0.820. The maximum absolute atomic E-state index is 13.5. The van der Waals surface area contributed by atoms with E-state index in [1.165, 1.54) is 11.0 Å². The summed E-state index contributed by atoms with van der Waals surface area (Å²) in [6, 6.07) is 22.5. The topological polar surface area (TPSA) is 160 Å². The van der Waals surface area contributed by atoms with Crippen molar-refractivity contribution in [3.8, 4) is 11.8 Å². The zero-order valence-corrected chi connectivity index (χ0v) is 30.6. The van der Waals surface area contributed by atoms with Crippen molar-refractivity contribution in [2.45, 2.75) is 78.3 Å². The van der Waals surface area contributed by atoms with Gasteiger partial charge in [-0.2, -0.15) is 5.26 Å². The Morgan fingerprint density at radius 3 is 2.13 bits per heavy atom. The molecule has 276 valence electrons. The fourth-order valence-electron chi connectivity index (χ4n) is 5.19. The number of piperidine rings is 1. The largest absolute Gasteiger partial charge is 0.490 e. The summed E-state index contributed by atoms with van der Waals surface area (Å²) < 4.78 is 22.6. The lowest BCUT2D eigenvalue weighted by Gasteiger charge is -2.33. The molecule has 0 radical (unpaired) electrons. The van der Waals surface area contributed by atoms with E-state index < -0.39 is 35.7 Å². The van der Waals surface area contributed by atoms with E-state index in [4.69, 9.17) is 18.9 Å². The number of hydrogen-bond acceptors (Lipinski definition) is 10. The maximum Gasteiger partial charge on any atom is 0.415 e. The Morgan fingerprint density at radius 1 is 0.865 bits per heavy atom. The van der Waals surface area contributed by atoms with Crippen LogP contribution >= 0.6 is 0 Å². The molecule has 1 saturated heterocycles. The highest BCUT2D eigenvalue weighted by Crippen LogP contribution is 2.26.